The van der Waals surface area contributed by atoms with Crippen molar-refractivity contribution in [3.05, 3.63) is 35.0 Å². The van der Waals surface area contributed by atoms with Gasteiger partial charge in [0.1, 0.15) is 11.6 Å². The van der Waals surface area contributed by atoms with Crippen LogP contribution in [0.4, 0.5) is 30.6 Å². The molecule has 0 amide bonds. The van der Waals surface area contributed by atoms with Crippen LogP contribution in [0.1, 0.15) is 31.4 Å². The Balaban J connectivity index is 1.93. The predicted molar refractivity (Wildman–Crippen MR) is 94.2 cm³/mol. The number of methoxy groups -OCH3 is 1. The third-order valence-electron chi connectivity index (χ3n) is 4.13. The van der Waals surface area contributed by atoms with Crippen molar-refractivity contribution in [1.29, 1.82) is 0 Å². The van der Waals surface area contributed by atoms with Gasteiger partial charge in [-0.2, -0.15) is 18.2 Å². The summed E-state index contributed by atoms with van der Waals surface area (Å²) in [5.74, 6) is 0.399. The van der Waals surface area contributed by atoms with Gasteiger partial charge in [-0.05, 0) is 31.0 Å². The first-order valence-electron chi connectivity index (χ1n) is 8.18. The number of nitrogens with zero attached hydrogens (tertiary/aromatic N) is 2. The highest BCUT2D eigenvalue weighted by Crippen LogP contribution is 2.34. The van der Waals surface area contributed by atoms with E-state index in [0.717, 1.165) is 31.7 Å². The number of rotatable bonds is 5. The quantitative estimate of drug-likeness (QED) is 0.734. The van der Waals surface area contributed by atoms with Gasteiger partial charge in [0.25, 0.3) is 0 Å². The predicted octanol–water partition coefficient (Wildman–Crippen LogP) is 5.26. The molecule has 0 radical (unpaired) electrons. The Morgan fingerprint density at radius 1 is 1.15 bits per heavy atom. The lowest BCUT2D eigenvalue weighted by Crippen LogP contribution is -2.19. The molecule has 140 valence electrons. The molecule has 26 heavy (non-hydrogen) atoms. The van der Waals surface area contributed by atoms with Gasteiger partial charge in [-0.1, -0.05) is 24.4 Å². The SMILES string of the molecule is COc1ccc(Cl)cc1Nc1cc(C(F)(F)F)nc(NC2CCCC2)n1. The molecule has 1 saturated carbocycles. The Morgan fingerprint density at radius 3 is 2.54 bits per heavy atom. The Bertz CT molecular complexity index is 779. The van der Waals surface area contributed by atoms with Crippen LogP contribution in [-0.4, -0.2) is 23.1 Å². The minimum Gasteiger partial charge on any atom is -0.495 e. The summed E-state index contributed by atoms with van der Waals surface area (Å²) in [6, 6.07) is 5.75. The number of alkyl halides is 3. The van der Waals surface area contributed by atoms with Crippen molar-refractivity contribution in [2.45, 2.75) is 37.9 Å². The largest absolute Gasteiger partial charge is 0.495 e. The number of aromatic nitrogens is 2. The summed E-state index contributed by atoms with van der Waals surface area (Å²) >= 11 is 5.97. The van der Waals surface area contributed by atoms with Crippen LogP contribution < -0.4 is 15.4 Å². The van der Waals surface area contributed by atoms with Gasteiger partial charge >= 0.3 is 6.18 Å². The zero-order chi connectivity index (χ0) is 18.7. The molecule has 0 atom stereocenters. The Morgan fingerprint density at radius 2 is 1.88 bits per heavy atom. The monoisotopic (exact) mass is 386 g/mol. The van der Waals surface area contributed by atoms with E-state index >= 15 is 0 Å². The van der Waals surface area contributed by atoms with Gasteiger partial charge in [-0.3, -0.25) is 0 Å². The molecule has 3 rings (SSSR count). The van der Waals surface area contributed by atoms with E-state index in [4.69, 9.17) is 16.3 Å². The average molecular weight is 387 g/mol. The molecular weight excluding hydrogens is 369 g/mol. The molecule has 2 aromatic rings. The van der Waals surface area contributed by atoms with Gasteiger partial charge in [0, 0.05) is 17.1 Å². The van der Waals surface area contributed by atoms with Crippen molar-refractivity contribution in [2.24, 2.45) is 0 Å². The van der Waals surface area contributed by atoms with Gasteiger partial charge in [0.05, 0.1) is 12.8 Å². The number of halogens is 4. The number of ether oxygens (including phenoxy) is 1. The molecule has 1 aliphatic rings. The molecule has 0 spiro atoms. The van der Waals surface area contributed by atoms with Crippen LogP contribution in [-0.2, 0) is 6.18 Å². The molecule has 1 aromatic carbocycles. The van der Waals surface area contributed by atoms with Crippen molar-refractivity contribution < 1.29 is 17.9 Å². The minimum absolute atomic E-state index is 0.00777. The zero-order valence-corrected chi connectivity index (χ0v) is 14.8. The first-order valence-corrected chi connectivity index (χ1v) is 8.56. The fraction of sp³-hybridized carbons (Fsp3) is 0.412. The number of anilines is 3. The number of hydrogen-bond acceptors (Lipinski definition) is 5. The van der Waals surface area contributed by atoms with E-state index in [1.54, 1.807) is 18.2 Å². The van der Waals surface area contributed by atoms with Crippen LogP contribution in [0.2, 0.25) is 5.02 Å². The lowest BCUT2D eigenvalue weighted by molar-refractivity contribution is -0.141. The maximum atomic E-state index is 13.2. The van der Waals surface area contributed by atoms with Crippen LogP contribution in [0, 0.1) is 0 Å². The average Bonchev–Trinajstić information content (AvgIpc) is 3.07. The zero-order valence-electron chi connectivity index (χ0n) is 14.0. The molecule has 0 aliphatic heterocycles. The standard InChI is InChI=1S/C17H18ClF3N4O/c1-26-13-7-6-10(18)8-12(13)23-15-9-14(17(19,20)21)24-16(25-15)22-11-4-2-3-5-11/h6-9,11H,2-5H2,1H3,(H2,22,23,24,25). The molecule has 0 saturated heterocycles. The molecule has 1 fully saturated rings. The second-order valence-electron chi connectivity index (χ2n) is 6.06. The van der Waals surface area contributed by atoms with Crippen molar-refractivity contribution >= 4 is 29.1 Å². The first kappa shape index (κ1) is 18.6. The highest BCUT2D eigenvalue weighted by Gasteiger charge is 2.34. The molecule has 9 heteroatoms. The van der Waals surface area contributed by atoms with E-state index in [0.29, 0.717) is 16.5 Å². The van der Waals surface area contributed by atoms with Gasteiger partial charge in [0.2, 0.25) is 5.95 Å². The van der Waals surface area contributed by atoms with Gasteiger partial charge in [0.15, 0.2) is 5.69 Å². The van der Waals surface area contributed by atoms with E-state index in [1.165, 1.54) is 7.11 Å². The van der Waals surface area contributed by atoms with Crippen molar-refractivity contribution in [3.8, 4) is 5.75 Å². The Hall–Kier alpha value is -2.22. The topological polar surface area (TPSA) is 59.1 Å². The van der Waals surface area contributed by atoms with Crippen molar-refractivity contribution in [3.63, 3.8) is 0 Å². The maximum Gasteiger partial charge on any atom is 0.433 e. The fourth-order valence-electron chi connectivity index (χ4n) is 2.89. The van der Waals surface area contributed by atoms with Gasteiger partial charge in [-0.15, -0.1) is 0 Å². The van der Waals surface area contributed by atoms with E-state index in [9.17, 15) is 13.2 Å². The Labute approximate surface area is 153 Å². The van der Waals surface area contributed by atoms with E-state index in [1.807, 2.05) is 0 Å². The second kappa shape index (κ2) is 7.57. The summed E-state index contributed by atoms with van der Waals surface area (Å²) in [4.78, 5) is 7.80. The third kappa shape index (κ3) is 4.49. The summed E-state index contributed by atoms with van der Waals surface area (Å²) in [6.07, 6.45) is -0.707. The first-order chi connectivity index (χ1) is 12.3. The lowest BCUT2D eigenvalue weighted by atomic mass is 10.2. The Kier molecular flexibility index (Phi) is 5.41. The molecule has 1 aliphatic carbocycles. The molecule has 5 nitrogen and oxygen atoms in total. The van der Waals surface area contributed by atoms with Gasteiger partial charge in [-0.25, -0.2) is 4.98 Å². The number of benzene rings is 1. The summed E-state index contributed by atoms with van der Waals surface area (Å²) in [5.41, 5.74) is -0.602. The van der Waals surface area contributed by atoms with E-state index in [2.05, 4.69) is 20.6 Å². The summed E-state index contributed by atoms with van der Waals surface area (Å²) in [5, 5.41) is 6.26. The van der Waals surface area contributed by atoms with Crippen molar-refractivity contribution in [2.75, 3.05) is 17.7 Å². The normalized spacial score (nSPS) is 15.1. The number of nitrogens with one attached hydrogen (secondary N) is 2. The highest BCUT2D eigenvalue weighted by atomic mass is 35.5. The molecule has 0 bridgehead atoms. The summed E-state index contributed by atoms with van der Waals surface area (Å²) < 4.78 is 44.9. The van der Waals surface area contributed by atoms with Crippen molar-refractivity contribution in [1.82, 2.24) is 9.97 Å². The molecular formula is C17H18ClF3N4O. The van der Waals surface area contributed by atoms with Gasteiger partial charge < -0.3 is 15.4 Å². The maximum absolute atomic E-state index is 13.2. The summed E-state index contributed by atoms with van der Waals surface area (Å²) in [6.45, 7) is 0. The number of hydrogen-bond donors (Lipinski definition) is 2. The molecule has 1 aromatic heterocycles. The van der Waals surface area contributed by atoms with Crippen LogP contribution in [0.5, 0.6) is 5.75 Å². The smallest absolute Gasteiger partial charge is 0.433 e. The van der Waals surface area contributed by atoms with Crippen LogP contribution >= 0.6 is 11.6 Å². The molecule has 2 N–H and O–H groups in total. The highest BCUT2D eigenvalue weighted by molar-refractivity contribution is 6.31. The van der Waals surface area contributed by atoms with Crippen LogP contribution in [0.25, 0.3) is 0 Å². The van der Waals surface area contributed by atoms with Crippen LogP contribution in [0.3, 0.4) is 0 Å². The van der Waals surface area contributed by atoms with E-state index in [-0.39, 0.29) is 17.8 Å². The second-order valence-corrected chi connectivity index (χ2v) is 6.49. The third-order valence-corrected chi connectivity index (χ3v) is 4.36. The minimum atomic E-state index is -4.58. The van der Waals surface area contributed by atoms with Crippen LogP contribution in [0.15, 0.2) is 24.3 Å². The molecule has 0 unspecified atom stereocenters. The fourth-order valence-corrected chi connectivity index (χ4v) is 3.06. The van der Waals surface area contributed by atoms with E-state index < -0.39 is 11.9 Å². The lowest BCUT2D eigenvalue weighted by Gasteiger charge is -2.16. The summed E-state index contributed by atoms with van der Waals surface area (Å²) in [7, 11) is 1.46. The molecule has 1 heterocycles.